The Bertz CT molecular complexity index is 552. The molecular formula is C15H13Cl2FO. The molecule has 1 atom stereocenters. The second kappa shape index (κ2) is 6.38. The molecule has 0 heterocycles. The lowest BCUT2D eigenvalue weighted by atomic mass is 9.92. The van der Waals surface area contributed by atoms with E-state index in [1.807, 2.05) is 12.1 Å². The summed E-state index contributed by atoms with van der Waals surface area (Å²) in [5, 5.41) is 10.5. The first kappa shape index (κ1) is 14.3. The maximum Gasteiger partial charge on any atom is 0.127 e. The summed E-state index contributed by atoms with van der Waals surface area (Å²) in [5.41, 5.74) is 1.29. The van der Waals surface area contributed by atoms with Gasteiger partial charge in [-0.15, -0.1) is 0 Å². The van der Waals surface area contributed by atoms with E-state index in [1.54, 1.807) is 24.3 Å². The first-order valence-electron chi connectivity index (χ1n) is 5.91. The van der Waals surface area contributed by atoms with Gasteiger partial charge in [-0.05, 0) is 36.2 Å². The van der Waals surface area contributed by atoms with Crippen LogP contribution in [-0.4, -0.2) is 11.7 Å². The molecule has 0 fully saturated rings. The van der Waals surface area contributed by atoms with Gasteiger partial charge in [0.05, 0.1) is 6.61 Å². The maximum absolute atomic E-state index is 13.7. The molecule has 0 aliphatic carbocycles. The molecule has 0 aromatic heterocycles. The Balaban J connectivity index is 2.29. The largest absolute Gasteiger partial charge is 0.396 e. The number of hydrogen-bond acceptors (Lipinski definition) is 1. The number of benzene rings is 2. The minimum atomic E-state index is -0.354. The van der Waals surface area contributed by atoms with Crippen LogP contribution in [0.15, 0.2) is 42.5 Å². The van der Waals surface area contributed by atoms with Gasteiger partial charge in [0.2, 0.25) is 0 Å². The topological polar surface area (TPSA) is 20.2 Å². The van der Waals surface area contributed by atoms with E-state index in [0.29, 0.717) is 22.0 Å². The van der Waals surface area contributed by atoms with Crippen LogP contribution < -0.4 is 0 Å². The summed E-state index contributed by atoms with van der Waals surface area (Å²) in [7, 11) is 0. The Morgan fingerprint density at radius 2 is 1.84 bits per heavy atom. The Morgan fingerprint density at radius 1 is 1.11 bits per heavy atom. The number of aliphatic hydroxyl groups excluding tert-OH is 1. The molecule has 2 rings (SSSR count). The number of halogens is 3. The van der Waals surface area contributed by atoms with Crippen molar-refractivity contribution in [1.82, 2.24) is 0 Å². The standard InChI is InChI=1S/C15H13Cl2FO/c16-12-4-1-3-10(7-12)11(9-19)8-13-14(17)5-2-6-15(13)18/h1-7,11,19H,8-9H2. The Kier molecular flexibility index (Phi) is 4.81. The van der Waals surface area contributed by atoms with Gasteiger partial charge in [0.25, 0.3) is 0 Å². The Hall–Kier alpha value is -1.09. The fourth-order valence-electron chi connectivity index (χ4n) is 2.02. The lowest BCUT2D eigenvalue weighted by molar-refractivity contribution is 0.264. The van der Waals surface area contributed by atoms with Crippen molar-refractivity contribution in [2.75, 3.05) is 6.61 Å². The minimum Gasteiger partial charge on any atom is -0.396 e. The summed E-state index contributed by atoms with van der Waals surface area (Å²) in [5.74, 6) is -0.582. The fourth-order valence-corrected chi connectivity index (χ4v) is 2.46. The van der Waals surface area contributed by atoms with Crippen LogP contribution in [0.5, 0.6) is 0 Å². The van der Waals surface area contributed by atoms with E-state index in [9.17, 15) is 9.50 Å². The van der Waals surface area contributed by atoms with E-state index in [1.165, 1.54) is 6.07 Å². The molecule has 0 aliphatic heterocycles. The first-order valence-corrected chi connectivity index (χ1v) is 6.66. The van der Waals surface area contributed by atoms with Gasteiger partial charge in [-0.1, -0.05) is 41.4 Å². The van der Waals surface area contributed by atoms with E-state index >= 15 is 0 Å². The third-order valence-corrected chi connectivity index (χ3v) is 3.64. The molecule has 2 aromatic carbocycles. The van der Waals surface area contributed by atoms with Gasteiger partial charge in [0, 0.05) is 21.5 Å². The zero-order valence-electron chi connectivity index (χ0n) is 10.1. The van der Waals surface area contributed by atoms with Crippen molar-refractivity contribution in [3.05, 3.63) is 69.5 Å². The number of aliphatic hydroxyl groups is 1. The second-order valence-corrected chi connectivity index (χ2v) is 5.18. The third kappa shape index (κ3) is 3.47. The lowest BCUT2D eigenvalue weighted by Gasteiger charge is -2.16. The molecule has 1 N–H and O–H groups in total. The number of hydrogen-bond donors (Lipinski definition) is 1. The lowest BCUT2D eigenvalue weighted by Crippen LogP contribution is -2.09. The summed E-state index contributed by atoms with van der Waals surface area (Å²) < 4.78 is 13.7. The number of rotatable bonds is 4. The van der Waals surface area contributed by atoms with E-state index in [-0.39, 0.29) is 18.3 Å². The van der Waals surface area contributed by atoms with Crippen LogP contribution in [0.3, 0.4) is 0 Å². The molecule has 0 spiro atoms. The van der Waals surface area contributed by atoms with E-state index in [4.69, 9.17) is 23.2 Å². The third-order valence-electron chi connectivity index (χ3n) is 3.05. The highest BCUT2D eigenvalue weighted by atomic mass is 35.5. The van der Waals surface area contributed by atoms with Crippen LogP contribution in [0.1, 0.15) is 17.0 Å². The molecule has 100 valence electrons. The Labute approximate surface area is 121 Å². The van der Waals surface area contributed by atoms with Crippen LogP contribution in [-0.2, 0) is 6.42 Å². The molecule has 19 heavy (non-hydrogen) atoms. The SMILES string of the molecule is OCC(Cc1c(F)cccc1Cl)c1cccc(Cl)c1. The monoisotopic (exact) mass is 298 g/mol. The zero-order valence-corrected chi connectivity index (χ0v) is 11.6. The van der Waals surface area contributed by atoms with Crippen LogP contribution >= 0.6 is 23.2 Å². The van der Waals surface area contributed by atoms with Crippen LogP contribution in [0, 0.1) is 5.82 Å². The molecule has 2 aromatic rings. The normalized spacial score (nSPS) is 12.4. The summed E-state index contributed by atoms with van der Waals surface area (Å²) in [6.07, 6.45) is 0.336. The predicted octanol–water partition coefficient (Wildman–Crippen LogP) is 4.45. The average molecular weight is 299 g/mol. The smallest absolute Gasteiger partial charge is 0.127 e. The van der Waals surface area contributed by atoms with Crippen molar-refractivity contribution in [3.63, 3.8) is 0 Å². The van der Waals surface area contributed by atoms with Crippen molar-refractivity contribution >= 4 is 23.2 Å². The van der Waals surface area contributed by atoms with Gasteiger partial charge in [-0.2, -0.15) is 0 Å². The first-order chi connectivity index (χ1) is 9.11. The highest BCUT2D eigenvalue weighted by Crippen LogP contribution is 2.28. The van der Waals surface area contributed by atoms with Crippen molar-refractivity contribution < 1.29 is 9.50 Å². The summed E-state index contributed by atoms with van der Waals surface area (Å²) in [6, 6.07) is 11.8. The summed E-state index contributed by atoms with van der Waals surface area (Å²) in [6.45, 7) is -0.0923. The minimum absolute atomic E-state index is 0.0923. The molecule has 0 radical (unpaired) electrons. The summed E-state index contributed by atoms with van der Waals surface area (Å²) >= 11 is 11.9. The van der Waals surface area contributed by atoms with Crippen molar-refractivity contribution in [1.29, 1.82) is 0 Å². The van der Waals surface area contributed by atoms with Crippen molar-refractivity contribution in [2.24, 2.45) is 0 Å². The molecule has 0 amide bonds. The molecule has 4 heteroatoms. The van der Waals surface area contributed by atoms with Gasteiger partial charge in [0.15, 0.2) is 0 Å². The van der Waals surface area contributed by atoms with Gasteiger partial charge in [-0.25, -0.2) is 4.39 Å². The molecular weight excluding hydrogens is 286 g/mol. The van der Waals surface area contributed by atoms with Crippen LogP contribution in [0.4, 0.5) is 4.39 Å². The van der Waals surface area contributed by atoms with Gasteiger partial charge >= 0.3 is 0 Å². The van der Waals surface area contributed by atoms with Crippen molar-refractivity contribution in [3.8, 4) is 0 Å². The highest BCUT2D eigenvalue weighted by molar-refractivity contribution is 6.31. The second-order valence-electron chi connectivity index (χ2n) is 4.34. The van der Waals surface area contributed by atoms with Crippen molar-refractivity contribution in [2.45, 2.75) is 12.3 Å². The molecule has 1 unspecified atom stereocenters. The molecule has 0 aliphatic rings. The van der Waals surface area contributed by atoms with E-state index in [0.717, 1.165) is 5.56 Å². The average Bonchev–Trinajstić information content (AvgIpc) is 2.38. The molecule has 1 nitrogen and oxygen atoms in total. The summed E-state index contributed by atoms with van der Waals surface area (Å²) in [4.78, 5) is 0. The fraction of sp³-hybridized carbons (Fsp3) is 0.200. The molecule has 0 saturated heterocycles. The maximum atomic E-state index is 13.7. The quantitative estimate of drug-likeness (QED) is 0.884. The van der Waals surface area contributed by atoms with Crippen LogP contribution in [0.2, 0.25) is 10.0 Å². The van der Waals surface area contributed by atoms with Gasteiger partial charge < -0.3 is 5.11 Å². The van der Waals surface area contributed by atoms with E-state index < -0.39 is 0 Å². The van der Waals surface area contributed by atoms with Gasteiger partial charge in [0.1, 0.15) is 5.82 Å². The zero-order chi connectivity index (χ0) is 13.8. The van der Waals surface area contributed by atoms with E-state index in [2.05, 4.69) is 0 Å². The predicted molar refractivity (Wildman–Crippen MR) is 76.4 cm³/mol. The van der Waals surface area contributed by atoms with Crippen LogP contribution in [0.25, 0.3) is 0 Å². The molecule has 0 bridgehead atoms. The van der Waals surface area contributed by atoms with Gasteiger partial charge in [-0.3, -0.25) is 0 Å². The molecule has 0 saturated carbocycles. The highest BCUT2D eigenvalue weighted by Gasteiger charge is 2.16. The Morgan fingerprint density at radius 3 is 2.47 bits per heavy atom.